The highest BCUT2D eigenvalue weighted by atomic mass is 16.5. The smallest absolute Gasteiger partial charge is 0.260 e. The molecule has 0 spiro atoms. The first-order valence-electron chi connectivity index (χ1n) is 6.57. The molecular formula is C15H20N2O2. The Labute approximate surface area is 114 Å². The van der Waals surface area contributed by atoms with Crippen LogP contribution in [0.3, 0.4) is 0 Å². The molecule has 102 valence electrons. The molecule has 0 bridgehead atoms. The zero-order valence-electron chi connectivity index (χ0n) is 11.6. The van der Waals surface area contributed by atoms with Gasteiger partial charge < -0.3 is 10.1 Å². The summed E-state index contributed by atoms with van der Waals surface area (Å²) >= 11 is 0. The number of carbonyl (C=O) groups is 1. The Morgan fingerprint density at radius 2 is 2.11 bits per heavy atom. The Hall–Kier alpha value is -2.02. The second-order valence-electron chi connectivity index (χ2n) is 4.42. The average Bonchev–Trinajstić information content (AvgIpc) is 2.44. The van der Waals surface area contributed by atoms with Gasteiger partial charge in [-0.15, -0.1) is 0 Å². The van der Waals surface area contributed by atoms with Crippen LogP contribution in [-0.2, 0) is 4.79 Å². The molecule has 4 nitrogen and oxygen atoms in total. The molecule has 0 aliphatic carbocycles. The van der Waals surface area contributed by atoms with Crippen molar-refractivity contribution >= 4 is 5.91 Å². The van der Waals surface area contributed by atoms with E-state index in [2.05, 4.69) is 5.32 Å². The second kappa shape index (κ2) is 7.42. The molecule has 1 atom stereocenters. The number of nitrogens with zero attached hydrogens (tertiary/aromatic N) is 1. The van der Waals surface area contributed by atoms with E-state index in [1.165, 1.54) is 0 Å². The van der Waals surface area contributed by atoms with E-state index in [4.69, 9.17) is 10.00 Å². The second-order valence-corrected chi connectivity index (χ2v) is 4.42. The van der Waals surface area contributed by atoms with Crippen LogP contribution in [0.4, 0.5) is 0 Å². The van der Waals surface area contributed by atoms with Crippen LogP contribution in [0.5, 0.6) is 5.75 Å². The molecule has 0 aromatic heterocycles. The summed E-state index contributed by atoms with van der Waals surface area (Å²) in [6.45, 7) is 5.78. The molecule has 0 saturated carbocycles. The molecule has 0 fully saturated rings. The average molecular weight is 260 g/mol. The van der Waals surface area contributed by atoms with Crippen molar-refractivity contribution in [1.29, 1.82) is 5.26 Å². The molecule has 0 heterocycles. The number of nitrogens with one attached hydrogen (secondary N) is 1. The maximum Gasteiger partial charge on any atom is 0.260 e. The third-order valence-corrected chi connectivity index (χ3v) is 2.98. The Morgan fingerprint density at radius 3 is 2.68 bits per heavy atom. The minimum Gasteiger partial charge on any atom is -0.481 e. The van der Waals surface area contributed by atoms with Gasteiger partial charge >= 0.3 is 0 Å². The van der Waals surface area contributed by atoms with Crippen LogP contribution >= 0.6 is 0 Å². The normalized spacial score (nSPS) is 11.7. The molecule has 19 heavy (non-hydrogen) atoms. The van der Waals surface area contributed by atoms with Gasteiger partial charge in [0.25, 0.3) is 5.91 Å². The van der Waals surface area contributed by atoms with E-state index in [9.17, 15) is 4.79 Å². The molecule has 1 N–H and O–H groups in total. The van der Waals surface area contributed by atoms with Crippen molar-refractivity contribution in [2.45, 2.75) is 45.8 Å². The largest absolute Gasteiger partial charge is 0.481 e. The number of hydrogen-bond acceptors (Lipinski definition) is 3. The number of amides is 1. The lowest BCUT2D eigenvalue weighted by atomic mass is 10.1. The number of hydrogen-bond donors (Lipinski definition) is 1. The van der Waals surface area contributed by atoms with E-state index in [0.29, 0.717) is 11.3 Å². The number of benzene rings is 1. The third-order valence-electron chi connectivity index (χ3n) is 2.98. The lowest BCUT2D eigenvalue weighted by Crippen LogP contribution is -2.42. The molecular weight excluding hydrogens is 240 g/mol. The van der Waals surface area contributed by atoms with Gasteiger partial charge in [0.2, 0.25) is 0 Å². The summed E-state index contributed by atoms with van der Waals surface area (Å²) in [7, 11) is 0. The minimum absolute atomic E-state index is 0.129. The fraction of sp³-hybridized carbons (Fsp3) is 0.467. The van der Waals surface area contributed by atoms with E-state index >= 15 is 0 Å². The number of carbonyl (C=O) groups excluding carboxylic acids is 1. The molecule has 0 aliphatic rings. The number of nitriles is 1. The highest BCUT2D eigenvalue weighted by molar-refractivity contribution is 5.81. The van der Waals surface area contributed by atoms with Gasteiger partial charge in [0.15, 0.2) is 6.10 Å². The van der Waals surface area contributed by atoms with E-state index in [1.807, 2.05) is 19.9 Å². The van der Waals surface area contributed by atoms with Crippen molar-refractivity contribution in [3.05, 3.63) is 29.8 Å². The molecule has 4 heteroatoms. The van der Waals surface area contributed by atoms with Crippen LogP contribution < -0.4 is 10.1 Å². The molecule has 0 radical (unpaired) electrons. The number of rotatable bonds is 6. The highest BCUT2D eigenvalue weighted by Gasteiger charge is 2.17. The predicted molar refractivity (Wildman–Crippen MR) is 73.8 cm³/mol. The fourth-order valence-electron chi connectivity index (χ4n) is 1.71. The summed E-state index contributed by atoms with van der Waals surface area (Å²) in [6.07, 6.45) is 1.23. The predicted octanol–water partition coefficient (Wildman–Crippen LogP) is 2.63. The Balaban J connectivity index is 2.61. The SMILES string of the molecule is CCC(CC)NC(=O)C(C)Oc1cccc(C#N)c1. The molecule has 1 unspecified atom stereocenters. The van der Waals surface area contributed by atoms with E-state index < -0.39 is 6.10 Å². The zero-order chi connectivity index (χ0) is 14.3. The van der Waals surface area contributed by atoms with Crippen LogP contribution in [0, 0.1) is 11.3 Å². The molecule has 1 amide bonds. The monoisotopic (exact) mass is 260 g/mol. The van der Waals surface area contributed by atoms with Gasteiger partial charge in [-0.2, -0.15) is 5.26 Å². The number of ether oxygens (including phenoxy) is 1. The Bertz CT molecular complexity index is 461. The molecule has 1 aromatic rings. The van der Waals surface area contributed by atoms with Crippen LogP contribution in [0.15, 0.2) is 24.3 Å². The highest BCUT2D eigenvalue weighted by Crippen LogP contribution is 2.14. The Morgan fingerprint density at radius 1 is 1.42 bits per heavy atom. The van der Waals surface area contributed by atoms with Crippen LogP contribution in [-0.4, -0.2) is 18.1 Å². The first-order valence-corrected chi connectivity index (χ1v) is 6.57. The van der Waals surface area contributed by atoms with Crippen molar-refractivity contribution in [2.24, 2.45) is 0 Å². The lowest BCUT2D eigenvalue weighted by molar-refractivity contribution is -0.128. The molecule has 0 aliphatic heterocycles. The minimum atomic E-state index is -0.574. The lowest BCUT2D eigenvalue weighted by Gasteiger charge is -2.19. The van der Waals surface area contributed by atoms with Gasteiger partial charge in [0, 0.05) is 6.04 Å². The summed E-state index contributed by atoms with van der Waals surface area (Å²) in [6, 6.07) is 9.02. The van der Waals surface area contributed by atoms with Gasteiger partial charge in [-0.3, -0.25) is 4.79 Å². The van der Waals surface area contributed by atoms with Gasteiger partial charge in [-0.25, -0.2) is 0 Å². The first kappa shape index (κ1) is 15.0. The molecule has 1 rings (SSSR count). The van der Waals surface area contributed by atoms with Crippen molar-refractivity contribution in [3.8, 4) is 11.8 Å². The van der Waals surface area contributed by atoms with Crippen LogP contribution in [0.2, 0.25) is 0 Å². The van der Waals surface area contributed by atoms with Gasteiger partial charge in [0.1, 0.15) is 5.75 Å². The summed E-state index contributed by atoms with van der Waals surface area (Å²) < 4.78 is 5.55. The van der Waals surface area contributed by atoms with E-state index in [-0.39, 0.29) is 11.9 Å². The van der Waals surface area contributed by atoms with Crippen LogP contribution in [0.25, 0.3) is 0 Å². The van der Waals surface area contributed by atoms with Gasteiger partial charge in [-0.05, 0) is 38.0 Å². The molecule has 0 saturated heterocycles. The summed E-state index contributed by atoms with van der Waals surface area (Å²) in [5, 5.41) is 11.7. The Kier molecular flexibility index (Phi) is 5.87. The topological polar surface area (TPSA) is 62.1 Å². The van der Waals surface area contributed by atoms with E-state index in [0.717, 1.165) is 12.8 Å². The maximum atomic E-state index is 11.9. The summed E-state index contributed by atoms with van der Waals surface area (Å²) in [5.74, 6) is 0.405. The quantitative estimate of drug-likeness (QED) is 0.855. The van der Waals surface area contributed by atoms with Crippen molar-refractivity contribution in [3.63, 3.8) is 0 Å². The first-order chi connectivity index (χ1) is 9.10. The summed E-state index contributed by atoms with van der Waals surface area (Å²) in [5.41, 5.74) is 0.519. The van der Waals surface area contributed by atoms with Crippen molar-refractivity contribution in [1.82, 2.24) is 5.32 Å². The standard InChI is InChI=1S/C15H20N2O2/c1-4-13(5-2)17-15(18)11(3)19-14-8-6-7-12(9-14)10-16/h6-9,11,13H,4-5H2,1-3H3,(H,17,18). The van der Waals surface area contributed by atoms with Crippen molar-refractivity contribution in [2.75, 3.05) is 0 Å². The van der Waals surface area contributed by atoms with Crippen molar-refractivity contribution < 1.29 is 9.53 Å². The third kappa shape index (κ3) is 4.63. The summed E-state index contributed by atoms with van der Waals surface area (Å²) in [4.78, 5) is 11.9. The maximum absolute atomic E-state index is 11.9. The van der Waals surface area contributed by atoms with E-state index in [1.54, 1.807) is 31.2 Å². The molecule has 1 aromatic carbocycles. The van der Waals surface area contributed by atoms with Crippen LogP contribution in [0.1, 0.15) is 39.2 Å². The zero-order valence-corrected chi connectivity index (χ0v) is 11.6. The van der Waals surface area contributed by atoms with Gasteiger partial charge in [-0.1, -0.05) is 19.9 Å². The fourth-order valence-corrected chi connectivity index (χ4v) is 1.71. The van der Waals surface area contributed by atoms with Gasteiger partial charge in [0.05, 0.1) is 11.6 Å².